The van der Waals surface area contributed by atoms with Crippen LogP contribution in [0.1, 0.15) is 42.4 Å². The van der Waals surface area contributed by atoms with Crippen molar-refractivity contribution in [3.8, 4) is 22.4 Å². The molecular weight excluding hydrogens is 653 g/mol. The number of rotatable bonds is 18. The Morgan fingerprint density at radius 1 is 0.654 bits per heavy atom. The van der Waals surface area contributed by atoms with Crippen molar-refractivity contribution in [2.24, 2.45) is 0 Å². The predicted octanol–water partition coefficient (Wildman–Crippen LogP) is 6.44. The fourth-order valence-electron chi connectivity index (χ4n) is 5.87. The summed E-state index contributed by atoms with van der Waals surface area (Å²) in [6, 6.07) is 33.1. The molecular formula is C42H54N6O4. The Bertz CT molecular complexity index is 1810. The van der Waals surface area contributed by atoms with Crippen molar-refractivity contribution < 1.29 is 19.8 Å². The number of aromatic nitrogens is 2. The van der Waals surface area contributed by atoms with Gasteiger partial charge in [-0.3, -0.25) is 0 Å². The number of nitrogens with one attached hydrogen (secondary N) is 2. The summed E-state index contributed by atoms with van der Waals surface area (Å²) in [5, 5.41) is 23.2. The lowest BCUT2D eigenvalue weighted by Crippen LogP contribution is -2.18. The first kappa shape index (κ1) is 39.9. The Kier molecular flexibility index (Phi) is 16.0. The van der Waals surface area contributed by atoms with Gasteiger partial charge < -0.3 is 35.2 Å². The number of carbonyl (C=O) groups is 2. The lowest BCUT2D eigenvalue weighted by atomic mass is 9.99. The number of hydrogen-bond acceptors (Lipinski definition) is 7. The smallest absolute Gasteiger partial charge is 0.414 e. The maximum Gasteiger partial charge on any atom is 0.414 e. The van der Waals surface area contributed by atoms with E-state index in [1.54, 1.807) is 0 Å². The highest BCUT2D eigenvalue weighted by Crippen LogP contribution is 2.33. The van der Waals surface area contributed by atoms with Gasteiger partial charge in [0.05, 0.1) is 5.69 Å². The molecule has 0 saturated carbocycles. The number of nitrogens with zero attached hydrogens (tertiary/aromatic N) is 4. The minimum Gasteiger partial charge on any atom is -0.473 e. The topological polar surface area (TPSA) is 123 Å². The highest BCUT2D eigenvalue weighted by molar-refractivity contribution is 6.27. The van der Waals surface area contributed by atoms with Crippen LogP contribution in [0.4, 0.5) is 0 Å². The molecule has 5 aromatic rings. The van der Waals surface area contributed by atoms with Crippen molar-refractivity contribution in [2.75, 3.05) is 54.4 Å². The van der Waals surface area contributed by atoms with Crippen LogP contribution in [0, 0.1) is 0 Å². The number of hydrogen-bond donors (Lipinski definition) is 4. The number of carboxylic acids is 2. The summed E-state index contributed by atoms with van der Waals surface area (Å²) in [6.45, 7) is 6.94. The summed E-state index contributed by atoms with van der Waals surface area (Å²) >= 11 is 0. The molecule has 0 spiro atoms. The zero-order valence-corrected chi connectivity index (χ0v) is 31.0. The Hall–Kier alpha value is -4.87. The third-order valence-corrected chi connectivity index (χ3v) is 8.70. The molecule has 10 nitrogen and oxygen atoms in total. The third-order valence-electron chi connectivity index (χ3n) is 8.70. The number of benzene rings is 3. The number of pyridine rings is 1. The maximum absolute atomic E-state index is 9.10. The van der Waals surface area contributed by atoms with Gasteiger partial charge in [-0.1, -0.05) is 78.9 Å². The highest BCUT2D eigenvalue weighted by Gasteiger charge is 2.14. The summed E-state index contributed by atoms with van der Waals surface area (Å²) in [5.41, 5.74) is 9.48. The number of carboxylic acid groups (broad SMARTS) is 2. The molecule has 0 atom stereocenters. The number of aliphatic carboxylic acids is 2. The van der Waals surface area contributed by atoms with Crippen molar-refractivity contribution in [3.63, 3.8) is 0 Å². The molecule has 276 valence electrons. The third kappa shape index (κ3) is 13.0. The lowest BCUT2D eigenvalue weighted by molar-refractivity contribution is -0.159. The molecule has 0 amide bonds. The van der Waals surface area contributed by atoms with E-state index in [0.29, 0.717) is 0 Å². The van der Waals surface area contributed by atoms with E-state index in [4.69, 9.17) is 24.8 Å². The Morgan fingerprint density at radius 2 is 1.17 bits per heavy atom. The van der Waals surface area contributed by atoms with Crippen molar-refractivity contribution in [1.29, 1.82) is 0 Å². The Balaban J connectivity index is 0.000000929. The van der Waals surface area contributed by atoms with Crippen molar-refractivity contribution in [1.82, 2.24) is 30.0 Å². The van der Waals surface area contributed by atoms with Crippen LogP contribution in [0.25, 0.3) is 33.4 Å². The van der Waals surface area contributed by atoms with Crippen LogP contribution in [-0.4, -0.2) is 95.9 Å². The van der Waals surface area contributed by atoms with Crippen LogP contribution in [0.5, 0.6) is 0 Å². The zero-order valence-electron chi connectivity index (χ0n) is 31.0. The van der Waals surface area contributed by atoms with Gasteiger partial charge >= 0.3 is 11.9 Å². The molecule has 0 aliphatic heterocycles. The normalized spacial score (nSPS) is 11.2. The van der Waals surface area contributed by atoms with Gasteiger partial charge in [-0.05, 0) is 120 Å². The second-order valence-corrected chi connectivity index (χ2v) is 13.6. The molecule has 0 fully saturated rings. The van der Waals surface area contributed by atoms with Gasteiger partial charge in [-0.15, -0.1) is 0 Å². The van der Waals surface area contributed by atoms with E-state index in [0.717, 1.165) is 62.7 Å². The Labute approximate surface area is 308 Å². The van der Waals surface area contributed by atoms with Crippen LogP contribution < -0.4 is 10.6 Å². The monoisotopic (exact) mass is 706 g/mol. The molecule has 0 saturated heterocycles. The second kappa shape index (κ2) is 20.8. The maximum atomic E-state index is 9.10. The van der Waals surface area contributed by atoms with Crippen LogP contribution >= 0.6 is 0 Å². The van der Waals surface area contributed by atoms with Gasteiger partial charge in [-0.2, -0.15) is 0 Å². The van der Waals surface area contributed by atoms with Gasteiger partial charge in [0.2, 0.25) is 0 Å². The fourth-order valence-corrected chi connectivity index (χ4v) is 5.87. The minimum atomic E-state index is -1.82. The minimum absolute atomic E-state index is 0.790. The molecule has 0 bridgehead atoms. The molecule has 5 rings (SSSR count). The van der Waals surface area contributed by atoms with E-state index in [-0.39, 0.29) is 0 Å². The van der Waals surface area contributed by atoms with Gasteiger partial charge in [0, 0.05) is 36.8 Å². The van der Waals surface area contributed by atoms with E-state index in [2.05, 4.69) is 150 Å². The summed E-state index contributed by atoms with van der Waals surface area (Å²) in [4.78, 5) is 27.9. The lowest BCUT2D eigenvalue weighted by Gasteiger charge is -2.12. The van der Waals surface area contributed by atoms with Crippen LogP contribution in [-0.2, 0) is 29.2 Å². The largest absolute Gasteiger partial charge is 0.473 e. The standard InChI is InChI=1S/C40H52N6.C2H2O4/c1-44(2)25-10-8-23-41-29-32-14-18-35(19-15-32)38-28-39(36-20-16-33(17-21-36)30-42-24-9-11-26-45(3)4)43-40-37(38)22-27-46(40)31-34-12-6-5-7-13-34;3-1(4)2(5)6/h5-7,12-22,27-28,41-42H,8-11,23-26,29-31H2,1-4H3;(H,3,4)(H,5,6). The van der Waals surface area contributed by atoms with Gasteiger partial charge in [-0.25, -0.2) is 14.6 Å². The SMILES string of the molecule is CN(C)CCCCNCc1ccc(-c2cc(-c3ccc(CNCCCCN(C)C)cc3)c3ccn(Cc4ccccc4)c3n2)cc1.O=C(O)C(=O)O. The van der Waals surface area contributed by atoms with E-state index in [9.17, 15) is 0 Å². The summed E-state index contributed by atoms with van der Waals surface area (Å²) in [6.07, 6.45) is 7.01. The van der Waals surface area contributed by atoms with Gasteiger partial charge in [0.15, 0.2) is 0 Å². The summed E-state index contributed by atoms with van der Waals surface area (Å²) in [5.74, 6) is -3.65. The average molecular weight is 707 g/mol. The first-order valence-corrected chi connectivity index (χ1v) is 18.0. The first-order chi connectivity index (χ1) is 25.1. The fraction of sp³-hybridized carbons (Fsp3) is 0.357. The Morgan fingerprint density at radius 3 is 1.67 bits per heavy atom. The molecule has 2 heterocycles. The van der Waals surface area contributed by atoms with Crippen molar-refractivity contribution in [3.05, 3.63) is 114 Å². The molecule has 0 radical (unpaired) electrons. The average Bonchev–Trinajstić information content (AvgIpc) is 3.54. The quantitative estimate of drug-likeness (QED) is 0.0603. The predicted molar refractivity (Wildman–Crippen MR) is 210 cm³/mol. The van der Waals surface area contributed by atoms with Crippen LogP contribution in [0.3, 0.4) is 0 Å². The second-order valence-electron chi connectivity index (χ2n) is 13.6. The highest BCUT2D eigenvalue weighted by atomic mass is 16.4. The molecule has 0 aliphatic rings. The number of fused-ring (bicyclic) bond motifs is 1. The van der Waals surface area contributed by atoms with E-state index >= 15 is 0 Å². The van der Waals surface area contributed by atoms with E-state index in [1.807, 2.05) is 0 Å². The van der Waals surface area contributed by atoms with Crippen molar-refractivity contribution >= 4 is 23.0 Å². The molecule has 52 heavy (non-hydrogen) atoms. The van der Waals surface area contributed by atoms with Gasteiger partial charge in [0.25, 0.3) is 0 Å². The summed E-state index contributed by atoms with van der Waals surface area (Å²) < 4.78 is 2.28. The molecule has 3 aromatic carbocycles. The van der Waals surface area contributed by atoms with Crippen LogP contribution in [0.2, 0.25) is 0 Å². The van der Waals surface area contributed by atoms with E-state index < -0.39 is 11.9 Å². The number of unbranched alkanes of at least 4 members (excludes halogenated alkanes) is 2. The van der Waals surface area contributed by atoms with Crippen LogP contribution in [0.15, 0.2) is 97.2 Å². The molecule has 2 aromatic heterocycles. The van der Waals surface area contributed by atoms with E-state index in [1.165, 1.54) is 58.9 Å². The first-order valence-electron chi connectivity index (χ1n) is 18.0. The van der Waals surface area contributed by atoms with Gasteiger partial charge in [0.1, 0.15) is 5.65 Å². The molecule has 0 aliphatic carbocycles. The summed E-state index contributed by atoms with van der Waals surface area (Å²) in [7, 11) is 8.54. The molecule has 0 unspecified atom stereocenters. The zero-order chi connectivity index (χ0) is 37.3. The molecule has 10 heteroatoms. The van der Waals surface area contributed by atoms with Crippen molar-refractivity contribution in [2.45, 2.75) is 45.3 Å². The molecule has 4 N–H and O–H groups in total.